The lowest BCUT2D eigenvalue weighted by atomic mass is 10.1. The highest BCUT2D eigenvalue weighted by molar-refractivity contribution is 5.44. The van der Waals surface area contributed by atoms with Crippen LogP contribution in [0.1, 0.15) is 12.5 Å². The fraction of sp³-hybridized carbons (Fsp3) is 0.333. The lowest BCUT2D eigenvalue weighted by Gasteiger charge is -2.00. The topological polar surface area (TPSA) is 12.0 Å². The van der Waals surface area contributed by atoms with Crippen LogP contribution in [0.4, 0.5) is 5.69 Å². The summed E-state index contributed by atoms with van der Waals surface area (Å²) in [5, 5.41) is 3.10. The molecule has 1 aromatic carbocycles. The molecule has 0 saturated carbocycles. The van der Waals surface area contributed by atoms with Crippen LogP contribution in [0.3, 0.4) is 0 Å². The highest BCUT2D eigenvalue weighted by Crippen LogP contribution is 2.09. The molecular formula is C9H13N. The van der Waals surface area contributed by atoms with Gasteiger partial charge < -0.3 is 5.32 Å². The Morgan fingerprint density at radius 3 is 2.80 bits per heavy atom. The Labute approximate surface area is 62.1 Å². The lowest BCUT2D eigenvalue weighted by molar-refractivity contribution is 1.14. The highest BCUT2D eigenvalue weighted by Gasteiger charge is 1.88. The molecular weight excluding hydrogens is 122 g/mol. The molecule has 0 atom stereocenters. The minimum absolute atomic E-state index is 1.11. The van der Waals surface area contributed by atoms with Crippen molar-refractivity contribution in [2.45, 2.75) is 13.3 Å². The molecule has 54 valence electrons. The number of rotatable bonds is 2. The van der Waals surface area contributed by atoms with E-state index in [1.54, 1.807) is 0 Å². The van der Waals surface area contributed by atoms with E-state index in [1.807, 2.05) is 7.05 Å². The fourth-order valence-corrected chi connectivity index (χ4v) is 0.947. The molecule has 0 saturated heterocycles. The molecule has 0 spiro atoms. The Hall–Kier alpha value is -0.980. The van der Waals surface area contributed by atoms with E-state index in [4.69, 9.17) is 0 Å². The van der Waals surface area contributed by atoms with Gasteiger partial charge in [0.1, 0.15) is 0 Å². The van der Waals surface area contributed by atoms with Crippen LogP contribution in [0.5, 0.6) is 0 Å². The van der Waals surface area contributed by atoms with Crippen molar-refractivity contribution in [2.75, 3.05) is 12.4 Å². The first-order valence-corrected chi connectivity index (χ1v) is 3.63. The van der Waals surface area contributed by atoms with Crippen LogP contribution in [0.25, 0.3) is 0 Å². The second-order valence-electron chi connectivity index (χ2n) is 2.30. The van der Waals surface area contributed by atoms with Gasteiger partial charge in [-0.15, -0.1) is 0 Å². The van der Waals surface area contributed by atoms with E-state index < -0.39 is 0 Å². The van der Waals surface area contributed by atoms with E-state index in [1.165, 1.54) is 11.3 Å². The first-order chi connectivity index (χ1) is 4.86. The van der Waals surface area contributed by atoms with Crippen LogP contribution in [0.15, 0.2) is 24.3 Å². The largest absolute Gasteiger partial charge is 0.388 e. The van der Waals surface area contributed by atoms with Crippen molar-refractivity contribution in [1.82, 2.24) is 0 Å². The minimum Gasteiger partial charge on any atom is -0.388 e. The number of aryl methyl sites for hydroxylation is 1. The van der Waals surface area contributed by atoms with Crippen LogP contribution < -0.4 is 5.32 Å². The van der Waals surface area contributed by atoms with E-state index in [2.05, 4.69) is 36.5 Å². The Balaban J connectivity index is 2.87. The summed E-state index contributed by atoms with van der Waals surface area (Å²) in [5.41, 5.74) is 2.58. The molecule has 0 fully saturated rings. The summed E-state index contributed by atoms with van der Waals surface area (Å²) in [5.74, 6) is 0. The molecule has 0 bridgehead atoms. The molecule has 0 radical (unpaired) electrons. The van der Waals surface area contributed by atoms with Crippen LogP contribution in [-0.4, -0.2) is 7.05 Å². The third kappa shape index (κ3) is 1.50. The molecule has 0 unspecified atom stereocenters. The quantitative estimate of drug-likeness (QED) is 0.656. The van der Waals surface area contributed by atoms with Gasteiger partial charge in [0.2, 0.25) is 0 Å². The van der Waals surface area contributed by atoms with E-state index in [9.17, 15) is 0 Å². The molecule has 0 heterocycles. The smallest absolute Gasteiger partial charge is 0.0340 e. The van der Waals surface area contributed by atoms with E-state index >= 15 is 0 Å². The Kier molecular flexibility index (Phi) is 2.32. The van der Waals surface area contributed by atoms with Crippen LogP contribution >= 0.6 is 0 Å². The van der Waals surface area contributed by atoms with Gasteiger partial charge in [0.15, 0.2) is 0 Å². The van der Waals surface area contributed by atoms with Crippen molar-refractivity contribution in [3.8, 4) is 0 Å². The monoisotopic (exact) mass is 135 g/mol. The molecule has 1 heteroatoms. The first-order valence-electron chi connectivity index (χ1n) is 3.63. The number of nitrogens with one attached hydrogen (secondary N) is 1. The van der Waals surface area contributed by atoms with Crippen molar-refractivity contribution in [1.29, 1.82) is 0 Å². The predicted molar refractivity (Wildman–Crippen MR) is 45.4 cm³/mol. The van der Waals surface area contributed by atoms with Crippen molar-refractivity contribution >= 4 is 5.69 Å². The summed E-state index contributed by atoms with van der Waals surface area (Å²) in [6.07, 6.45) is 1.11. The zero-order valence-corrected chi connectivity index (χ0v) is 6.52. The summed E-state index contributed by atoms with van der Waals surface area (Å²) >= 11 is 0. The van der Waals surface area contributed by atoms with Gasteiger partial charge >= 0.3 is 0 Å². The minimum atomic E-state index is 1.11. The number of benzene rings is 1. The summed E-state index contributed by atoms with van der Waals surface area (Å²) in [7, 11) is 1.94. The third-order valence-corrected chi connectivity index (χ3v) is 1.62. The van der Waals surface area contributed by atoms with Crippen molar-refractivity contribution in [2.24, 2.45) is 0 Å². The number of hydrogen-bond donors (Lipinski definition) is 1. The number of hydrogen-bond acceptors (Lipinski definition) is 1. The van der Waals surface area contributed by atoms with Crippen molar-refractivity contribution in [3.63, 3.8) is 0 Å². The van der Waals surface area contributed by atoms with Crippen LogP contribution in [0, 0.1) is 0 Å². The van der Waals surface area contributed by atoms with Gasteiger partial charge in [-0.25, -0.2) is 0 Å². The Morgan fingerprint density at radius 2 is 2.20 bits per heavy atom. The predicted octanol–water partition coefficient (Wildman–Crippen LogP) is 2.29. The van der Waals surface area contributed by atoms with Crippen LogP contribution in [-0.2, 0) is 6.42 Å². The summed E-state index contributed by atoms with van der Waals surface area (Å²) in [4.78, 5) is 0. The molecule has 0 amide bonds. The van der Waals surface area contributed by atoms with Gasteiger partial charge in [-0.3, -0.25) is 0 Å². The fourth-order valence-electron chi connectivity index (χ4n) is 0.947. The van der Waals surface area contributed by atoms with Crippen molar-refractivity contribution < 1.29 is 0 Å². The zero-order valence-electron chi connectivity index (χ0n) is 6.52. The second-order valence-corrected chi connectivity index (χ2v) is 2.30. The summed E-state index contributed by atoms with van der Waals surface area (Å²) in [6.45, 7) is 2.16. The molecule has 1 aromatic rings. The number of anilines is 1. The Bertz CT molecular complexity index is 186. The molecule has 1 rings (SSSR count). The average Bonchev–Trinajstić information content (AvgIpc) is 2.05. The van der Waals surface area contributed by atoms with Gasteiger partial charge in [0, 0.05) is 12.7 Å². The van der Waals surface area contributed by atoms with Gasteiger partial charge in [0.05, 0.1) is 0 Å². The molecule has 0 aromatic heterocycles. The summed E-state index contributed by atoms with van der Waals surface area (Å²) in [6, 6.07) is 8.45. The Morgan fingerprint density at radius 1 is 1.40 bits per heavy atom. The first kappa shape index (κ1) is 7.13. The summed E-state index contributed by atoms with van der Waals surface area (Å²) < 4.78 is 0. The molecule has 0 aliphatic carbocycles. The molecule has 1 N–H and O–H groups in total. The lowest BCUT2D eigenvalue weighted by Crippen LogP contribution is -1.88. The molecule has 0 aliphatic heterocycles. The standard InChI is InChI=1S/C9H13N/c1-3-8-5-4-6-9(7-8)10-2/h4-7,10H,3H2,1-2H3. The van der Waals surface area contributed by atoms with Crippen molar-refractivity contribution in [3.05, 3.63) is 29.8 Å². The van der Waals surface area contributed by atoms with E-state index in [-0.39, 0.29) is 0 Å². The highest BCUT2D eigenvalue weighted by atomic mass is 14.8. The van der Waals surface area contributed by atoms with Gasteiger partial charge in [0.25, 0.3) is 0 Å². The maximum atomic E-state index is 3.10. The molecule has 10 heavy (non-hydrogen) atoms. The maximum Gasteiger partial charge on any atom is 0.0340 e. The van der Waals surface area contributed by atoms with Crippen LogP contribution in [0.2, 0.25) is 0 Å². The molecule has 0 aliphatic rings. The average molecular weight is 135 g/mol. The van der Waals surface area contributed by atoms with E-state index in [0.717, 1.165) is 6.42 Å². The van der Waals surface area contributed by atoms with Gasteiger partial charge in [-0.05, 0) is 24.1 Å². The maximum absolute atomic E-state index is 3.10. The van der Waals surface area contributed by atoms with Gasteiger partial charge in [-0.2, -0.15) is 0 Å². The third-order valence-electron chi connectivity index (χ3n) is 1.62. The normalized spacial score (nSPS) is 9.40. The van der Waals surface area contributed by atoms with Gasteiger partial charge in [-0.1, -0.05) is 19.1 Å². The SMILES string of the molecule is CCc1cccc(NC)c1. The van der Waals surface area contributed by atoms with E-state index in [0.29, 0.717) is 0 Å². The molecule has 1 nitrogen and oxygen atoms in total. The zero-order chi connectivity index (χ0) is 7.40. The second kappa shape index (κ2) is 3.25.